The van der Waals surface area contributed by atoms with E-state index in [2.05, 4.69) is 6.07 Å². The summed E-state index contributed by atoms with van der Waals surface area (Å²) in [5, 5.41) is 28.0. The fourth-order valence-corrected chi connectivity index (χ4v) is 1.84. The van der Waals surface area contributed by atoms with Gasteiger partial charge in [-0.3, -0.25) is 0 Å². The maximum Gasteiger partial charge on any atom is 0.123 e. The highest BCUT2D eigenvalue weighted by atomic mass is 16.5. The number of aliphatic hydroxyl groups excluding tert-OH is 1. The van der Waals surface area contributed by atoms with E-state index < -0.39 is 6.10 Å². The number of anilines is 1. The lowest BCUT2D eigenvalue weighted by Gasteiger charge is -2.24. The predicted octanol–water partition coefficient (Wildman–Crippen LogP) is 1.81. The van der Waals surface area contributed by atoms with Crippen molar-refractivity contribution in [3.05, 3.63) is 23.8 Å². The van der Waals surface area contributed by atoms with Gasteiger partial charge < -0.3 is 19.8 Å². The van der Waals surface area contributed by atoms with E-state index in [1.54, 1.807) is 26.2 Å². The van der Waals surface area contributed by atoms with Crippen molar-refractivity contribution in [1.29, 1.82) is 5.26 Å². The second kappa shape index (κ2) is 7.62. The Labute approximate surface area is 113 Å². The maximum absolute atomic E-state index is 9.88. The second-order valence-electron chi connectivity index (χ2n) is 4.31. The van der Waals surface area contributed by atoms with Crippen LogP contribution in [0.3, 0.4) is 0 Å². The molecule has 0 aliphatic carbocycles. The quantitative estimate of drug-likeness (QED) is 0.785. The minimum atomic E-state index is -0.708. The Bertz CT molecular complexity index is 441. The number of nitriles is 1. The summed E-state index contributed by atoms with van der Waals surface area (Å²) >= 11 is 0. The topological polar surface area (TPSA) is 76.7 Å². The molecular formula is C14H20N2O3. The van der Waals surface area contributed by atoms with Crippen molar-refractivity contribution in [1.82, 2.24) is 0 Å². The summed E-state index contributed by atoms with van der Waals surface area (Å²) in [6.45, 7) is 3.37. The second-order valence-corrected chi connectivity index (χ2v) is 4.31. The van der Waals surface area contributed by atoms with Crippen molar-refractivity contribution >= 4 is 5.69 Å². The van der Waals surface area contributed by atoms with Gasteiger partial charge in [-0.1, -0.05) is 6.07 Å². The number of rotatable bonds is 7. The number of phenols is 1. The largest absolute Gasteiger partial charge is 0.507 e. The number of aromatic hydroxyl groups is 1. The number of aliphatic hydroxyl groups is 1. The molecule has 0 heterocycles. The van der Waals surface area contributed by atoms with Crippen LogP contribution in [0.15, 0.2) is 18.2 Å². The van der Waals surface area contributed by atoms with Gasteiger partial charge in [-0.15, -0.1) is 0 Å². The van der Waals surface area contributed by atoms with Crippen LogP contribution in [0.1, 0.15) is 25.0 Å². The van der Waals surface area contributed by atoms with Gasteiger partial charge in [-0.25, -0.2) is 0 Å². The normalized spacial score (nSPS) is 11.9. The Kier molecular flexibility index (Phi) is 6.13. The van der Waals surface area contributed by atoms with Crippen LogP contribution in [0.5, 0.6) is 5.75 Å². The first-order valence-electron chi connectivity index (χ1n) is 6.22. The zero-order chi connectivity index (χ0) is 14.3. The van der Waals surface area contributed by atoms with Crippen molar-refractivity contribution < 1.29 is 14.9 Å². The van der Waals surface area contributed by atoms with E-state index >= 15 is 0 Å². The molecule has 0 fully saturated rings. The molecule has 0 amide bonds. The van der Waals surface area contributed by atoms with E-state index in [9.17, 15) is 10.2 Å². The van der Waals surface area contributed by atoms with Crippen molar-refractivity contribution in [3.8, 4) is 11.8 Å². The molecule has 1 aromatic rings. The lowest BCUT2D eigenvalue weighted by atomic mass is 10.1. The highest BCUT2D eigenvalue weighted by molar-refractivity contribution is 5.54. The summed E-state index contributed by atoms with van der Waals surface area (Å²) in [6, 6.07) is 7.23. The Hall–Kier alpha value is -1.77. The SMILES string of the molecule is COCCN(CCC#N)c1ccc(C(C)O)c(O)c1. The first-order chi connectivity index (χ1) is 9.10. The van der Waals surface area contributed by atoms with Crippen molar-refractivity contribution in [2.24, 2.45) is 0 Å². The summed E-state index contributed by atoms with van der Waals surface area (Å²) < 4.78 is 5.04. The van der Waals surface area contributed by atoms with Crippen LogP contribution in [0.4, 0.5) is 5.69 Å². The Morgan fingerprint density at radius 1 is 1.42 bits per heavy atom. The monoisotopic (exact) mass is 264 g/mol. The lowest BCUT2D eigenvalue weighted by molar-refractivity contribution is 0.195. The van der Waals surface area contributed by atoms with Crippen LogP contribution < -0.4 is 4.90 Å². The smallest absolute Gasteiger partial charge is 0.123 e. The molecule has 5 nitrogen and oxygen atoms in total. The van der Waals surface area contributed by atoms with Gasteiger partial charge in [0.05, 0.1) is 25.2 Å². The summed E-state index contributed by atoms with van der Waals surface area (Å²) in [5.41, 5.74) is 1.31. The Balaban J connectivity index is 2.89. The van der Waals surface area contributed by atoms with Crippen molar-refractivity contribution in [3.63, 3.8) is 0 Å². The maximum atomic E-state index is 9.88. The zero-order valence-electron chi connectivity index (χ0n) is 11.3. The van der Waals surface area contributed by atoms with Crippen LogP contribution in [-0.4, -0.2) is 37.0 Å². The summed E-state index contributed by atoms with van der Waals surface area (Å²) in [6.07, 6.45) is -0.302. The number of benzene rings is 1. The van der Waals surface area contributed by atoms with Gasteiger partial charge in [0.2, 0.25) is 0 Å². The molecule has 1 rings (SSSR count). The molecule has 0 saturated heterocycles. The average molecular weight is 264 g/mol. The molecule has 0 radical (unpaired) electrons. The van der Waals surface area contributed by atoms with Gasteiger partial charge in [0.15, 0.2) is 0 Å². The molecule has 0 spiro atoms. The lowest BCUT2D eigenvalue weighted by Crippen LogP contribution is -2.28. The van der Waals surface area contributed by atoms with E-state index in [1.807, 2.05) is 11.0 Å². The van der Waals surface area contributed by atoms with E-state index in [0.29, 0.717) is 31.7 Å². The van der Waals surface area contributed by atoms with Crippen LogP contribution in [-0.2, 0) is 4.74 Å². The van der Waals surface area contributed by atoms with E-state index in [1.165, 1.54) is 0 Å². The van der Waals surface area contributed by atoms with Gasteiger partial charge >= 0.3 is 0 Å². The molecule has 0 aliphatic rings. The molecule has 0 bridgehead atoms. The third-order valence-electron chi connectivity index (χ3n) is 2.89. The van der Waals surface area contributed by atoms with Crippen LogP contribution in [0, 0.1) is 11.3 Å². The van der Waals surface area contributed by atoms with Crippen molar-refractivity contribution in [2.75, 3.05) is 31.7 Å². The molecule has 0 saturated carbocycles. The highest BCUT2D eigenvalue weighted by Crippen LogP contribution is 2.29. The van der Waals surface area contributed by atoms with Crippen LogP contribution >= 0.6 is 0 Å². The summed E-state index contributed by atoms with van der Waals surface area (Å²) in [7, 11) is 1.62. The van der Waals surface area contributed by atoms with Crippen LogP contribution in [0.25, 0.3) is 0 Å². The molecular weight excluding hydrogens is 244 g/mol. The standard InChI is InChI=1S/C14H20N2O3/c1-11(17)13-5-4-12(10-14(13)18)16(7-3-6-15)8-9-19-2/h4-5,10-11,17-18H,3,7-9H2,1-2H3. The first kappa shape index (κ1) is 15.3. The van der Waals surface area contributed by atoms with E-state index in [-0.39, 0.29) is 5.75 Å². The summed E-state index contributed by atoms with van der Waals surface area (Å²) in [5.74, 6) is 0.0619. The molecule has 1 unspecified atom stereocenters. The molecule has 0 aromatic heterocycles. The van der Waals surface area contributed by atoms with Gasteiger partial charge in [0.1, 0.15) is 5.75 Å². The number of hydrogen-bond donors (Lipinski definition) is 2. The minimum Gasteiger partial charge on any atom is -0.507 e. The number of methoxy groups -OCH3 is 1. The van der Waals surface area contributed by atoms with E-state index in [4.69, 9.17) is 10.00 Å². The fraction of sp³-hybridized carbons (Fsp3) is 0.500. The molecule has 19 heavy (non-hydrogen) atoms. The van der Waals surface area contributed by atoms with Gasteiger partial charge in [-0.2, -0.15) is 5.26 Å². The molecule has 1 aromatic carbocycles. The third-order valence-corrected chi connectivity index (χ3v) is 2.89. The molecule has 1 atom stereocenters. The number of ether oxygens (including phenoxy) is 1. The Morgan fingerprint density at radius 2 is 2.16 bits per heavy atom. The average Bonchev–Trinajstić information content (AvgIpc) is 2.38. The highest BCUT2D eigenvalue weighted by Gasteiger charge is 2.11. The fourth-order valence-electron chi connectivity index (χ4n) is 1.84. The zero-order valence-corrected chi connectivity index (χ0v) is 11.3. The van der Waals surface area contributed by atoms with Gasteiger partial charge in [0, 0.05) is 37.5 Å². The number of phenolic OH excluding ortho intramolecular Hbond substituents is 1. The minimum absolute atomic E-state index is 0.0619. The van der Waals surface area contributed by atoms with Gasteiger partial charge in [-0.05, 0) is 13.0 Å². The molecule has 5 heteroatoms. The van der Waals surface area contributed by atoms with E-state index in [0.717, 1.165) is 5.69 Å². The van der Waals surface area contributed by atoms with Gasteiger partial charge in [0.25, 0.3) is 0 Å². The summed E-state index contributed by atoms with van der Waals surface area (Å²) in [4.78, 5) is 1.97. The first-order valence-corrected chi connectivity index (χ1v) is 6.22. The number of hydrogen-bond acceptors (Lipinski definition) is 5. The Morgan fingerprint density at radius 3 is 2.68 bits per heavy atom. The molecule has 0 aliphatic heterocycles. The predicted molar refractivity (Wildman–Crippen MR) is 73.1 cm³/mol. The number of nitrogens with zero attached hydrogens (tertiary/aromatic N) is 2. The van der Waals surface area contributed by atoms with Crippen molar-refractivity contribution in [2.45, 2.75) is 19.4 Å². The van der Waals surface area contributed by atoms with Crippen LogP contribution in [0.2, 0.25) is 0 Å². The molecule has 2 N–H and O–H groups in total. The molecule has 104 valence electrons. The third kappa shape index (κ3) is 4.43.